The zero-order valence-electron chi connectivity index (χ0n) is 18.3. The summed E-state index contributed by atoms with van der Waals surface area (Å²) in [6.45, 7) is 0.544. The van der Waals surface area contributed by atoms with E-state index in [1.165, 1.54) is 11.3 Å². The van der Waals surface area contributed by atoms with Crippen molar-refractivity contribution < 1.29 is 4.79 Å². The van der Waals surface area contributed by atoms with Gasteiger partial charge in [-0.3, -0.25) is 9.78 Å². The van der Waals surface area contributed by atoms with Crippen LogP contribution < -0.4 is 5.73 Å². The first-order valence-corrected chi connectivity index (χ1v) is 12.5. The second-order valence-corrected chi connectivity index (χ2v) is 10.1. The number of nitrogens with zero attached hydrogens (tertiary/aromatic N) is 2. The molecule has 0 aliphatic heterocycles. The summed E-state index contributed by atoms with van der Waals surface area (Å²) >= 11 is 8.18. The molecule has 0 radical (unpaired) electrons. The molecular formula is C27H26ClN3OS. The predicted molar refractivity (Wildman–Crippen MR) is 137 cm³/mol. The van der Waals surface area contributed by atoms with Crippen LogP contribution in [-0.2, 0) is 6.54 Å². The maximum Gasteiger partial charge on any atom is 0.266 e. The van der Waals surface area contributed by atoms with Crippen LogP contribution in [0.1, 0.15) is 40.9 Å². The SMILES string of the molecule is NC1CCC(N(Cc2cccc(-c3ccncc3)c2)C(=O)c2sc3ccccc3c2Cl)CC1. The number of thiophene rings is 1. The quantitative estimate of drug-likeness (QED) is 0.357. The first-order chi connectivity index (χ1) is 16.1. The monoisotopic (exact) mass is 475 g/mol. The molecule has 33 heavy (non-hydrogen) atoms. The molecule has 168 valence electrons. The molecule has 5 rings (SSSR count). The van der Waals surface area contributed by atoms with Gasteiger partial charge in [0, 0.05) is 41.1 Å². The number of fused-ring (bicyclic) bond motifs is 1. The number of rotatable bonds is 5. The Kier molecular flexibility index (Phi) is 6.45. The maximum atomic E-state index is 13.9. The number of hydrogen-bond acceptors (Lipinski definition) is 4. The van der Waals surface area contributed by atoms with Gasteiger partial charge in [-0.15, -0.1) is 11.3 Å². The Labute approximate surface area is 203 Å². The largest absolute Gasteiger partial charge is 0.331 e. The standard InChI is InChI=1S/C27H26ClN3OS/c28-25-23-6-1-2-7-24(23)33-26(25)27(32)31(22-10-8-21(29)9-11-22)17-18-4-3-5-20(16-18)19-12-14-30-15-13-19/h1-7,12-16,21-22H,8-11,17,29H2. The molecular weight excluding hydrogens is 450 g/mol. The molecule has 1 amide bonds. The lowest BCUT2D eigenvalue weighted by molar-refractivity contribution is 0.0611. The summed E-state index contributed by atoms with van der Waals surface area (Å²) in [5.74, 6) is 0.0102. The van der Waals surface area contributed by atoms with Crippen LogP contribution in [0.15, 0.2) is 73.1 Å². The topological polar surface area (TPSA) is 59.2 Å². The number of carbonyl (C=O) groups is 1. The predicted octanol–water partition coefficient (Wildman–Crippen LogP) is 6.53. The first-order valence-electron chi connectivity index (χ1n) is 11.3. The number of nitrogens with two attached hydrogens (primary N) is 1. The summed E-state index contributed by atoms with van der Waals surface area (Å²) in [6, 6.07) is 20.7. The molecule has 0 bridgehead atoms. The Morgan fingerprint density at radius 2 is 1.76 bits per heavy atom. The van der Waals surface area contributed by atoms with Gasteiger partial charge in [0.05, 0.1) is 5.02 Å². The molecule has 1 saturated carbocycles. The van der Waals surface area contributed by atoms with E-state index in [-0.39, 0.29) is 18.0 Å². The van der Waals surface area contributed by atoms with Crippen molar-refractivity contribution in [2.75, 3.05) is 0 Å². The fourth-order valence-electron chi connectivity index (χ4n) is 4.65. The van der Waals surface area contributed by atoms with E-state index in [9.17, 15) is 4.79 Å². The molecule has 2 aromatic carbocycles. The van der Waals surface area contributed by atoms with Crippen molar-refractivity contribution >= 4 is 38.9 Å². The third-order valence-electron chi connectivity index (χ3n) is 6.47. The molecule has 4 nitrogen and oxygen atoms in total. The van der Waals surface area contributed by atoms with E-state index in [2.05, 4.69) is 29.2 Å². The number of amides is 1. The molecule has 1 fully saturated rings. The molecule has 2 aromatic heterocycles. The van der Waals surface area contributed by atoms with Crippen LogP contribution in [0, 0.1) is 0 Å². The second-order valence-electron chi connectivity index (χ2n) is 8.68. The molecule has 0 atom stereocenters. The van der Waals surface area contributed by atoms with E-state index in [4.69, 9.17) is 17.3 Å². The van der Waals surface area contributed by atoms with Gasteiger partial charge in [-0.25, -0.2) is 0 Å². The van der Waals surface area contributed by atoms with Crippen molar-refractivity contribution in [1.29, 1.82) is 0 Å². The van der Waals surface area contributed by atoms with Crippen LogP contribution in [0.25, 0.3) is 21.2 Å². The zero-order valence-corrected chi connectivity index (χ0v) is 19.9. The Bertz CT molecular complexity index is 1260. The van der Waals surface area contributed by atoms with Crippen LogP contribution >= 0.6 is 22.9 Å². The van der Waals surface area contributed by atoms with E-state index in [1.54, 1.807) is 12.4 Å². The molecule has 0 unspecified atom stereocenters. The number of aromatic nitrogens is 1. The lowest BCUT2D eigenvalue weighted by Crippen LogP contribution is -2.43. The highest BCUT2D eigenvalue weighted by atomic mass is 35.5. The summed E-state index contributed by atoms with van der Waals surface area (Å²) in [5.41, 5.74) is 9.50. The molecule has 6 heteroatoms. The lowest BCUT2D eigenvalue weighted by atomic mass is 9.90. The number of halogens is 1. The second kappa shape index (κ2) is 9.64. The van der Waals surface area contributed by atoms with Gasteiger partial charge in [0.1, 0.15) is 4.88 Å². The van der Waals surface area contributed by atoms with Gasteiger partial charge in [-0.1, -0.05) is 48.0 Å². The van der Waals surface area contributed by atoms with E-state index in [0.717, 1.165) is 52.5 Å². The van der Waals surface area contributed by atoms with Crippen LogP contribution in [0.5, 0.6) is 0 Å². The highest BCUT2D eigenvalue weighted by molar-refractivity contribution is 7.21. The third-order valence-corrected chi connectivity index (χ3v) is 8.13. The third kappa shape index (κ3) is 4.67. The van der Waals surface area contributed by atoms with Crippen molar-refractivity contribution in [2.45, 2.75) is 44.3 Å². The highest BCUT2D eigenvalue weighted by Gasteiger charge is 2.31. The zero-order chi connectivity index (χ0) is 22.8. The molecule has 4 aromatic rings. The van der Waals surface area contributed by atoms with Gasteiger partial charge in [-0.05, 0) is 66.6 Å². The Balaban J connectivity index is 1.48. The average molecular weight is 476 g/mol. The van der Waals surface area contributed by atoms with Crippen molar-refractivity contribution in [3.05, 3.63) is 88.5 Å². The van der Waals surface area contributed by atoms with Gasteiger partial charge in [0.15, 0.2) is 0 Å². The molecule has 1 aliphatic rings. The Morgan fingerprint density at radius 3 is 2.52 bits per heavy atom. The summed E-state index contributed by atoms with van der Waals surface area (Å²) in [4.78, 5) is 20.7. The highest BCUT2D eigenvalue weighted by Crippen LogP contribution is 2.37. The minimum absolute atomic E-state index is 0.0102. The maximum absolute atomic E-state index is 13.9. The van der Waals surface area contributed by atoms with Gasteiger partial charge in [0.2, 0.25) is 0 Å². The fraction of sp³-hybridized carbons (Fsp3) is 0.259. The van der Waals surface area contributed by atoms with Crippen molar-refractivity contribution in [1.82, 2.24) is 9.88 Å². The van der Waals surface area contributed by atoms with Crippen molar-refractivity contribution in [3.63, 3.8) is 0 Å². The number of carbonyl (C=O) groups excluding carboxylic acids is 1. The Morgan fingerprint density at radius 1 is 1.00 bits per heavy atom. The van der Waals surface area contributed by atoms with Gasteiger partial charge in [0.25, 0.3) is 5.91 Å². The molecule has 0 saturated heterocycles. The van der Waals surface area contributed by atoms with Gasteiger partial charge >= 0.3 is 0 Å². The molecule has 0 spiro atoms. The van der Waals surface area contributed by atoms with Gasteiger partial charge < -0.3 is 10.6 Å². The summed E-state index contributed by atoms with van der Waals surface area (Å²) < 4.78 is 1.04. The summed E-state index contributed by atoms with van der Waals surface area (Å²) in [5, 5.41) is 1.50. The number of hydrogen-bond donors (Lipinski definition) is 1. The average Bonchev–Trinajstić information content (AvgIpc) is 3.20. The smallest absolute Gasteiger partial charge is 0.266 e. The first kappa shape index (κ1) is 22.1. The van der Waals surface area contributed by atoms with Crippen molar-refractivity contribution in [2.24, 2.45) is 5.73 Å². The van der Waals surface area contributed by atoms with Crippen molar-refractivity contribution in [3.8, 4) is 11.1 Å². The van der Waals surface area contributed by atoms with Crippen LogP contribution in [0.3, 0.4) is 0 Å². The van der Waals surface area contributed by atoms with E-state index in [0.29, 0.717) is 16.4 Å². The number of pyridine rings is 1. The lowest BCUT2D eigenvalue weighted by Gasteiger charge is -2.36. The van der Waals surface area contributed by atoms with Gasteiger partial charge in [-0.2, -0.15) is 0 Å². The fourth-order valence-corrected chi connectivity index (χ4v) is 6.12. The van der Waals surface area contributed by atoms with Crippen LogP contribution in [0.2, 0.25) is 5.02 Å². The van der Waals surface area contributed by atoms with E-state index < -0.39 is 0 Å². The minimum atomic E-state index is 0.0102. The molecule has 2 N–H and O–H groups in total. The molecule has 2 heterocycles. The van der Waals surface area contributed by atoms with E-state index >= 15 is 0 Å². The number of benzene rings is 2. The van der Waals surface area contributed by atoms with E-state index in [1.807, 2.05) is 41.3 Å². The Hall–Kier alpha value is -2.73. The minimum Gasteiger partial charge on any atom is -0.331 e. The summed E-state index contributed by atoms with van der Waals surface area (Å²) in [6.07, 6.45) is 7.30. The molecule has 1 aliphatic carbocycles. The summed E-state index contributed by atoms with van der Waals surface area (Å²) in [7, 11) is 0. The van der Waals surface area contributed by atoms with Crippen LogP contribution in [0.4, 0.5) is 0 Å². The normalized spacial score (nSPS) is 18.4. The van der Waals surface area contributed by atoms with Crippen LogP contribution in [-0.4, -0.2) is 27.9 Å².